The second-order valence-electron chi connectivity index (χ2n) is 8.71. The Kier molecular flexibility index (Phi) is 6.89. The van der Waals surface area contributed by atoms with Crippen LogP contribution in [0, 0.1) is 0 Å². The van der Waals surface area contributed by atoms with Crippen LogP contribution in [0.25, 0.3) is 32.6 Å². The molecular weight excluding hydrogens is 436 g/mol. The van der Waals surface area contributed by atoms with Gasteiger partial charge in [-0.2, -0.15) is 0 Å². The minimum absolute atomic E-state index is 0.410. The van der Waals surface area contributed by atoms with E-state index in [-0.39, 0.29) is 0 Å². The summed E-state index contributed by atoms with van der Waals surface area (Å²) in [5.74, 6) is 0.885. The van der Waals surface area contributed by atoms with Gasteiger partial charge in [0.05, 0.1) is 7.11 Å². The molecule has 0 aliphatic heterocycles. The molecule has 0 amide bonds. The van der Waals surface area contributed by atoms with Crippen molar-refractivity contribution in [2.75, 3.05) is 21.3 Å². The van der Waals surface area contributed by atoms with E-state index in [0.29, 0.717) is 0 Å². The molecule has 5 heteroatoms. The number of nitrogens with zero attached hydrogens (tertiary/aromatic N) is 2. The normalized spacial score (nSPS) is 13.0. The number of pyridine rings is 2. The highest BCUT2D eigenvalue weighted by molar-refractivity contribution is 6.12. The van der Waals surface area contributed by atoms with Crippen LogP contribution in [0.5, 0.6) is 5.75 Å². The van der Waals surface area contributed by atoms with Crippen molar-refractivity contribution >= 4 is 32.6 Å². The van der Waals surface area contributed by atoms with Gasteiger partial charge in [-0.05, 0) is 83.3 Å². The van der Waals surface area contributed by atoms with Gasteiger partial charge in [0.2, 0.25) is 0 Å². The average molecular weight is 467 g/mol. The maximum absolute atomic E-state index is 5.80. The SMILES string of the molecule is COc1cc2c3c(ccc2c2cccc(C(OC)OC)c12)CCCC3.c1cnc2ncccc2c1. The van der Waals surface area contributed by atoms with Crippen LogP contribution in [0.15, 0.2) is 73.1 Å². The van der Waals surface area contributed by atoms with E-state index in [1.807, 2.05) is 30.3 Å². The third kappa shape index (κ3) is 4.45. The highest BCUT2D eigenvalue weighted by atomic mass is 16.7. The van der Waals surface area contributed by atoms with Crippen LogP contribution < -0.4 is 4.74 Å². The lowest BCUT2D eigenvalue weighted by Gasteiger charge is -2.22. The average Bonchev–Trinajstić information content (AvgIpc) is 2.93. The lowest BCUT2D eigenvalue weighted by Crippen LogP contribution is -2.06. The zero-order valence-corrected chi connectivity index (χ0v) is 20.5. The molecule has 3 aromatic carbocycles. The number of rotatable bonds is 4. The van der Waals surface area contributed by atoms with Gasteiger partial charge in [-0.1, -0.05) is 30.3 Å². The van der Waals surface area contributed by atoms with E-state index in [4.69, 9.17) is 14.2 Å². The van der Waals surface area contributed by atoms with E-state index >= 15 is 0 Å². The lowest BCUT2D eigenvalue weighted by atomic mass is 9.86. The van der Waals surface area contributed by atoms with E-state index < -0.39 is 6.29 Å². The van der Waals surface area contributed by atoms with E-state index in [2.05, 4.69) is 40.3 Å². The van der Waals surface area contributed by atoms with E-state index in [0.717, 1.165) is 34.2 Å². The van der Waals surface area contributed by atoms with Crippen molar-refractivity contribution in [3.63, 3.8) is 0 Å². The predicted molar refractivity (Wildman–Crippen MR) is 141 cm³/mol. The number of ether oxygens (including phenoxy) is 3. The van der Waals surface area contributed by atoms with Crippen molar-refractivity contribution < 1.29 is 14.2 Å². The summed E-state index contributed by atoms with van der Waals surface area (Å²) in [7, 11) is 5.06. The van der Waals surface area contributed by atoms with Gasteiger partial charge in [-0.3, -0.25) is 0 Å². The van der Waals surface area contributed by atoms with Crippen molar-refractivity contribution in [1.29, 1.82) is 0 Å². The van der Waals surface area contributed by atoms with Crippen molar-refractivity contribution in [1.82, 2.24) is 9.97 Å². The molecule has 6 rings (SSSR count). The summed E-state index contributed by atoms with van der Waals surface area (Å²) >= 11 is 0. The minimum atomic E-state index is -0.410. The van der Waals surface area contributed by atoms with Crippen molar-refractivity contribution in [3.8, 4) is 5.75 Å². The third-order valence-corrected chi connectivity index (χ3v) is 6.76. The Bertz CT molecular complexity index is 1410. The number of fused-ring (bicyclic) bond motifs is 6. The Labute approximate surface area is 205 Å². The second kappa shape index (κ2) is 10.4. The van der Waals surface area contributed by atoms with Crippen molar-refractivity contribution in [3.05, 3.63) is 89.7 Å². The van der Waals surface area contributed by atoms with Gasteiger partial charge in [-0.25, -0.2) is 9.97 Å². The molecule has 35 heavy (non-hydrogen) atoms. The van der Waals surface area contributed by atoms with Crippen LogP contribution in [-0.2, 0) is 22.3 Å². The zero-order chi connectivity index (χ0) is 24.2. The smallest absolute Gasteiger partial charge is 0.183 e. The first-order chi connectivity index (χ1) is 17.2. The number of benzene rings is 3. The molecule has 2 heterocycles. The quantitative estimate of drug-likeness (QED) is 0.215. The largest absolute Gasteiger partial charge is 0.496 e. The molecule has 1 aliphatic carbocycles. The lowest BCUT2D eigenvalue weighted by molar-refractivity contribution is -0.105. The van der Waals surface area contributed by atoms with Crippen LogP contribution in [-0.4, -0.2) is 31.3 Å². The van der Waals surface area contributed by atoms with Gasteiger partial charge in [0.15, 0.2) is 11.9 Å². The van der Waals surface area contributed by atoms with E-state index in [1.165, 1.54) is 46.5 Å². The predicted octanol–water partition coefficient (Wildman–Crippen LogP) is 6.80. The molecule has 0 N–H and O–H groups in total. The highest BCUT2D eigenvalue weighted by Gasteiger charge is 2.20. The molecule has 5 aromatic rings. The molecule has 0 fully saturated rings. The summed E-state index contributed by atoms with van der Waals surface area (Å²) < 4.78 is 16.8. The summed E-state index contributed by atoms with van der Waals surface area (Å²) in [6.45, 7) is 0. The van der Waals surface area contributed by atoms with Gasteiger partial charge in [0.1, 0.15) is 5.75 Å². The summed E-state index contributed by atoms with van der Waals surface area (Å²) in [6, 6.07) is 20.9. The molecule has 0 atom stereocenters. The molecule has 0 bridgehead atoms. The van der Waals surface area contributed by atoms with Gasteiger partial charge >= 0.3 is 0 Å². The number of methoxy groups -OCH3 is 3. The maximum Gasteiger partial charge on any atom is 0.183 e. The van der Waals surface area contributed by atoms with Crippen LogP contribution in [0.1, 0.15) is 35.8 Å². The zero-order valence-electron chi connectivity index (χ0n) is 20.5. The molecule has 5 nitrogen and oxygen atoms in total. The van der Waals surface area contributed by atoms with Crippen LogP contribution >= 0.6 is 0 Å². The van der Waals surface area contributed by atoms with Crippen LogP contribution in [0.2, 0.25) is 0 Å². The Hall–Kier alpha value is -3.54. The number of hydrogen-bond acceptors (Lipinski definition) is 5. The standard InChI is InChI=1S/C22H24O3.C8H6N2/c1-23-20-13-19-15-8-5-4-7-14(15)11-12-16(19)17-9-6-10-18(21(17)20)22(24-2)25-3;1-3-7-4-2-6-10-8(7)9-5-1/h6,9-13,22H,4-5,7-8H2,1-3H3;1-6H. The fourth-order valence-electron chi connectivity index (χ4n) is 5.14. The number of aryl methyl sites for hydroxylation is 2. The number of aromatic nitrogens is 2. The highest BCUT2D eigenvalue weighted by Crippen LogP contribution is 2.41. The molecule has 0 saturated heterocycles. The summed E-state index contributed by atoms with van der Waals surface area (Å²) in [5.41, 5.74) is 4.79. The summed E-state index contributed by atoms with van der Waals surface area (Å²) in [5, 5.41) is 5.96. The van der Waals surface area contributed by atoms with E-state index in [1.54, 1.807) is 33.7 Å². The fourth-order valence-corrected chi connectivity index (χ4v) is 5.14. The molecule has 1 aliphatic rings. The third-order valence-electron chi connectivity index (χ3n) is 6.76. The summed E-state index contributed by atoms with van der Waals surface area (Å²) in [6.07, 6.45) is 7.97. The molecule has 0 saturated carbocycles. The monoisotopic (exact) mass is 466 g/mol. The van der Waals surface area contributed by atoms with Crippen LogP contribution in [0.4, 0.5) is 0 Å². The molecule has 2 aromatic heterocycles. The van der Waals surface area contributed by atoms with Crippen LogP contribution in [0.3, 0.4) is 0 Å². The van der Waals surface area contributed by atoms with Crippen molar-refractivity contribution in [2.45, 2.75) is 32.0 Å². The first kappa shape index (κ1) is 23.2. The van der Waals surface area contributed by atoms with Crippen molar-refractivity contribution in [2.24, 2.45) is 0 Å². The summed E-state index contributed by atoms with van der Waals surface area (Å²) in [4.78, 5) is 8.14. The Morgan fingerprint density at radius 3 is 2.17 bits per heavy atom. The molecular formula is C30H30N2O3. The molecule has 0 unspecified atom stereocenters. The molecule has 0 radical (unpaired) electrons. The van der Waals surface area contributed by atoms with Gasteiger partial charge in [-0.15, -0.1) is 0 Å². The Morgan fingerprint density at radius 1 is 0.743 bits per heavy atom. The second-order valence-corrected chi connectivity index (χ2v) is 8.71. The molecule has 0 spiro atoms. The maximum atomic E-state index is 5.80. The number of hydrogen-bond donors (Lipinski definition) is 0. The fraction of sp³-hybridized carbons (Fsp3) is 0.267. The van der Waals surface area contributed by atoms with Gasteiger partial charge < -0.3 is 14.2 Å². The van der Waals surface area contributed by atoms with Gasteiger partial charge in [0.25, 0.3) is 0 Å². The Balaban J connectivity index is 0.000000211. The minimum Gasteiger partial charge on any atom is -0.496 e. The first-order valence-corrected chi connectivity index (χ1v) is 12.0. The van der Waals surface area contributed by atoms with E-state index in [9.17, 15) is 0 Å². The topological polar surface area (TPSA) is 53.5 Å². The first-order valence-electron chi connectivity index (χ1n) is 12.0. The molecule has 178 valence electrons. The van der Waals surface area contributed by atoms with Gasteiger partial charge in [0, 0.05) is 42.9 Å². The Morgan fingerprint density at radius 2 is 1.49 bits per heavy atom.